The molecule has 2 amide bonds. The molecule has 1 heterocycles. The van der Waals surface area contributed by atoms with Crippen molar-refractivity contribution in [3.8, 4) is 0 Å². The van der Waals surface area contributed by atoms with E-state index in [9.17, 15) is 9.18 Å². The summed E-state index contributed by atoms with van der Waals surface area (Å²) in [7, 11) is 0. The molecule has 1 aromatic heterocycles. The van der Waals surface area contributed by atoms with Crippen LogP contribution in [0.1, 0.15) is 25.7 Å². The van der Waals surface area contributed by atoms with E-state index in [1.54, 1.807) is 0 Å². The fraction of sp³-hybridized carbons (Fsp3) is 0.333. The molecule has 27 heavy (non-hydrogen) atoms. The molecule has 5 nitrogen and oxygen atoms in total. The monoisotopic (exact) mass is 430 g/mol. The Morgan fingerprint density at radius 1 is 1.07 bits per heavy atom. The number of anilines is 2. The van der Waals surface area contributed by atoms with Crippen LogP contribution in [0.2, 0.25) is 15.1 Å². The molecular formula is C18H18Cl3FN4O. The van der Waals surface area contributed by atoms with Crippen LogP contribution in [0.15, 0.2) is 30.6 Å². The van der Waals surface area contributed by atoms with Crippen molar-refractivity contribution in [3.05, 3.63) is 51.5 Å². The van der Waals surface area contributed by atoms with Gasteiger partial charge in [-0.2, -0.15) is 0 Å². The average Bonchev–Trinajstić information content (AvgIpc) is 2.62. The van der Waals surface area contributed by atoms with Crippen molar-refractivity contribution in [1.29, 1.82) is 0 Å². The lowest BCUT2D eigenvalue weighted by Gasteiger charge is -2.31. The van der Waals surface area contributed by atoms with Crippen molar-refractivity contribution in [2.24, 2.45) is 0 Å². The number of hydrogen-bond acceptors (Lipinski definition) is 3. The van der Waals surface area contributed by atoms with Crippen molar-refractivity contribution < 1.29 is 9.18 Å². The van der Waals surface area contributed by atoms with Crippen molar-refractivity contribution in [2.45, 2.75) is 37.8 Å². The summed E-state index contributed by atoms with van der Waals surface area (Å²) in [6.07, 6.45) is 6.57. The molecular weight excluding hydrogens is 414 g/mol. The predicted octanol–water partition coefficient (Wildman–Crippen LogP) is 5.73. The molecule has 2 aromatic rings. The highest BCUT2D eigenvalue weighted by atomic mass is 35.5. The Morgan fingerprint density at radius 3 is 2.48 bits per heavy atom. The number of halogens is 4. The van der Waals surface area contributed by atoms with Crippen LogP contribution in [0.5, 0.6) is 0 Å². The molecule has 3 rings (SSSR count). The largest absolute Gasteiger partial charge is 0.380 e. The van der Waals surface area contributed by atoms with Gasteiger partial charge in [-0.15, -0.1) is 0 Å². The number of pyridine rings is 1. The minimum absolute atomic E-state index is 0.00782. The van der Waals surface area contributed by atoms with Crippen LogP contribution in [-0.4, -0.2) is 23.1 Å². The minimum atomic E-state index is -0.530. The third-order valence-corrected chi connectivity index (χ3v) is 5.25. The average molecular weight is 432 g/mol. The molecule has 0 spiro atoms. The molecule has 0 aliphatic heterocycles. The van der Waals surface area contributed by atoms with Gasteiger partial charge in [-0.1, -0.05) is 34.8 Å². The Bertz CT molecular complexity index is 816. The number of carbonyl (C=O) groups is 1. The number of carbonyl (C=O) groups excluding carboxylic acids is 1. The third kappa shape index (κ3) is 5.37. The van der Waals surface area contributed by atoms with Gasteiger partial charge >= 0.3 is 6.03 Å². The highest BCUT2D eigenvalue weighted by molar-refractivity contribution is 6.38. The maximum atomic E-state index is 13.2. The van der Waals surface area contributed by atoms with Crippen molar-refractivity contribution in [1.82, 2.24) is 10.3 Å². The molecule has 0 bridgehead atoms. The summed E-state index contributed by atoms with van der Waals surface area (Å²) in [5, 5.41) is 9.84. The molecule has 1 aliphatic rings. The van der Waals surface area contributed by atoms with Gasteiger partial charge < -0.3 is 16.0 Å². The second-order valence-electron chi connectivity index (χ2n) is 6.41. The Balaban J connectivity index is 1.56. The van der Waals surface area contributed by atoms with E-state index < -0.39 is 5.82 Å². The molecule has 9 heteroatoms. The highest BCUT2D eigenvalue weighted by Crippen LogP contribution is 2.32. The van der Waals surface area contributed by atoms with Crippen molar-refractivity contribution >= 4 is 52.2 Å². The van der Waals surface area contributed by atoms with Crippen LogP contribution < -0.4 is 16.0 Å². The molecule has 1 aromatic carbocycles. The van der Waals surface area contributed by atoms with E-state index in [2.05, 4.69) is 20.9 Å². The summed E-state index contributed by atoms with van der Waals surface area (Å²) in [6.45, 7) is 0. The van der Waals surface area contributed by atoms with Gasteiger partial charge in [0.05, 0.1) is 20.8 Å². The van der Waals surface area contributed by atoms with Crippen LogP contribution >= 0.6 is 34.8 Å². The first kappa shape index (κ1) is 20.0. The Hall–Kier alpha value is -1.76. The Morgan fingerprint density at radius 2 is 1.78 bits per heavy atom. The number of amides is 2. The second-order valence-corrected chi connectivity index (χ2v) is 7.63. The summed E-state index contributed by atoms with van der Waals surface area (Å²) in [4.78, 5) is 16.2. The number of urea groups is 1. The van der Waals surface area contributed by atoms with Crippen LogP contribution in [0, 0.1) is 5.82 Å². The summed E-state index contributed by atoms with van der Waals surface area (Å²) in [6, 6.07) is 3.80. The molecule has 1 aliphatic carbocycles. The lowest BCUT2D eigenvalue weighted by molar-refractivity contribution is 0.243. The van der Waals surface area contributed by atoms with Gasteiger partial charge in [-0.25, -0.2) is 9.18 Å². The minimum Gasteiger partial charge on any atom is -0.380 e. The van der Waals surface area contributed by atoms with Crippen LogP contribution in [0.25, 0.3) is 0 Å². The van der Waals surface area contributed by atoms with Gasteiger partial charge in [-0.3, -0.25) is 4.98 Å². The highest BCUT2D eigenvalue weighted by Gasteiger charge is 2.24. The van der Waals surface area contributed by atoms with Gasteiger partial charge in [0.2, 0.25) is 0 Å². The van der Waals surface area contributed by atoms with E-state index in [1.807, 2.05) is 0 Å². The number of hydrogen-bond donors (Lipinski definition) is 3. The second kappa shape index (κ2) is 8.95. The van der Waals surface area contributed by atoms with E-state index in [4.69, 9.17) is 34.8 Å². The van der Waals surface area contributed by atoms with Crippen molar-refractivity contribution in [2.75, 3.05) is 10.6 Å². The zero-order valence-electron chi connectivity index (χ0n) is 14.2. The van der Waals surface area contributed by atoms with E-state index in [0.717, 1.165) is 25.7 Å². The zero-order chi connectivity index (χ0) is 19.4. The molecule has 144 valence electrons. The summed E-state index contributed by atoms with van der Waals surface area (Å²) in [5.74, 6) is -0.530. The lowest BCUT2D eigenvalue weighted by Crippen LogP contribution is -2.43. The molecule has 0 radical (unpaired) electrons. The first-order chi connectivity index (χ1) is 12.9. The molecule has 0 unspecified atom stereocenters. The number of rotatable bonds is 4. The first-order valence-electron chi connectivity index (χ1n) is 8.50. The first-order valence-corrected chi connectivity index (χ1v) is 9.64. The van der Waals surface area contributed by atoms with E-state index in [-0.39, 0.29) is 23.1 Å². The van der Waals surface area contributed by atoms with Gasteiger partial charge in [0, 0.05) is 30.2 Å². The van der Waals surface area contributed by atoms with Gasteiger partial charge in [0.25, 0.3) is 0 Å². The van der Waals surface area contributed by atoms with Crippen LogP contribution in [-0.2, 0) is 0 Å². The third-order valence-electron chi connectivity index (χ3n) is 4.39. The zero-order valence-corrected chi connectivity index (χ0v) is 16.5. The number of aromatic nitrogens is 1. The van der Waals surface area contributed by atoms with E-state index in [0.29, 0.717) is 21.4 Å². The topological polar surface area (TPSA) is 66.1 Å². The number of nitrogens with one attached hydrogen (secondary N) is 3. The fourth-order valence-electron chi connectivity index (χ4n) is 3.13. The van der Waals surface area contributed by atoms with Gasteiger partial charge in [0.15, 0.2) is 0 Å². The molecule has 2 atom stereocenters. The summed E-state index contributed by atoms with van der Waals surface area (Å²) < 4.78 is 13.2. The van der Waals surface area contributed by atoms with Gasteiger partial charge in [-0.05, 0) is 43.9 Å². The van der Waals surface area contributed by atoms with Crippen LogP contribution in [0.4, 0.5) is 20.6 Å². The van der Waals surface area contributed by atoms with E-state index >= 15 is 0 Å². The number of nitrogens with zero attached hydrogens (tertiary/aromatic N) is 1. The maximum Gasteiger partial charge on any atom is 0.319 e. The maximum absolute atomic E-state index is 13.2. The fourth-order valence-corrected chi connectivity index (χ4v) is 3.79. The summed E-state index contributed by atoms with van der Waals surface area (Å²) in [5.41, 5.74) is 1.09. The standard InChI is InChI=1S/C18H18Cl3FN4O/c19-13-7-12(4-5-16(13)22)26-18(27)25-11-3-1-2-10(6-11)24-17-14(20)8-23-9-15(17)21/h4-5,7-11H,1-3,6H2,(H,23,24)(H2,25,26,27)/t10-,11-/m0/s1. The van der Waals surface area contributed by atoms with Gasteiger partial charge in [0.1, 0.15) is 5.82 Å². The Labute approximate surface area is 171 Å². The normalized spacial score (nSPS) is 19.4. The smallest absolute Gasteiger partial charge is 0.319 e. The van der Waals surface area contributed by atoms with Crippen LogP contribution in [0.3, 0.4) is 0 Å². The quantitative estimate of drug-likeness (QED) is 0.579. The lowest BCUT2D eigenvalue weighted by atomic mass is 9.91. The molecule has 3 N–H and O–H groups in total. The molecule has 1 saturated carbocycles. The number of benzene rings is 1. The Kier molecular flexibility index (Phi) is 6.63. The SMILES string of the molecule is O=C(Nc1ccc(F)c(Cl)c1)N[C@H]1CCC[C@H](Nc2c(Cl)cncc2Cl)C1. The van der Waals surface area contributed by atoms with Crippen molar-refractivity contribution in [3.63, 3.8) is 0 Å². The molecule has 1 fully saturated rings. The molecule has 0 saturated heterocycles. The van der Waals surface area contributed by atoms with E-state index in [1.165, 1.54) is 30.6 Å². The predicted molar refractivity (Wildman–Crippen MR) is 107 cm³/mol. The summed E-state index contributed by atoms with van der Waals surface area (Å²) >= 11 is 18.0.